The predicted octanol–water partition coefficient (Wildman–Crippen LogP) is 1.88. The van der Waals surface area contributed by atoms with Crippen molar-refractivity contribution in [1.29, 1.82) is 0 Å². The first kappa shape index (κ1) is 12.3. The Balaban J connectivity index is 1.84. The van der Waals surface area contributed by atoms with Gasteiger partial charge >= 0.3 is 11.4 Å². The van der Waals surface area contributed by atoms with Crippen molar-refractivity contribution in [2.24, 2.45) is 11.3 Å². The van der Waals surface area contributed by atoms with Crippen LogP contribution in [-0.4, -0.2) is 13.9 Å². The van der Waals surface area contributed by atoms with Gasteiger partial charge in [0.2, 0.25) is 0 Å². The largest absolute Gasteiger partial charge is 0.352 e. The van der Waals surface area contributed by atoms with Gasteiger partial charge in [-0.05, 0) is 36.8 Å². The fourth-order valence-corrected chi connectivity index (χ4v) is 4.73. The van der Waals surface area contributed by atoms with Crippen molar-refractivity contribution in [1.82, 2.24) is 13.9 Å². The van der Waals surface area contributed by atoms with E-state index in [4.69, 9.17) is 0 Å². The minimum Gasteiger partial charge on any atom is -0.245 e. The van der Waals surface area contributed by atoms with E-state index < -0.39 is 0 Å². The fraction of sp³-hybridized carbons (Fsp3) is 0.412. The maximum absolute atomic E-state index is 13.0. The molecule has 112 valence electrons. The van der Waals surface area contributed by atoms with Gasteiger partial charge in [-0.3, -0.25) is 0 Å². The van der Waals surface area contributed by atoms with Gasteiger partial charge in [-0.25, -0.2) is 23.5 Å². The molecule has 22 heavy (non-hydrogen) atoms. The number of para-hydroxylation sites is 1. The van der Waals surface area contributed by atoms with Crippen LogP contribution in [-0.2, 0) is 0 Å². The minimum atomic E-state index is -0.219. The van der Waals surface area contributed by atoms with Crippen molar-refractivity contribution in [3.05, 3.63) is 62.9 Å². The number of aromatic nitrogens is 3. The molecule has 1 aromatic carbocycles. The molecule has 1 aromatic heterocycles. The van der Waals surface area contributed by atoms with E-state index in [0.717, 1.165) is 6.42 Å². The van der Waals surface area contributed by atoms with E-state index in [1.807, 2.05) is 18.2 Å². The zero-order valence-electron chi connectivity index (χ0n) is 12.6. The quantitative estimate of drug-likeness (QED) is 0.754. The van der Waals surface area contributed by atoms with E-state index in [9.17, 15) is 9.59 Å². The Bertz CT molecular complexity index is 947. The van der Waals surface area contributed by atoms with Gasteiger partial charge in [0.1, 0.15) is 0 Å². The van der Waals surface area contributed by atoms with Crippen LogP contribution in [0.1, 0.15) is 32.4 Å². The third-order valence-electron chi connectivity index (χ3n) is 5.80. The molecule has 2 bridgehead atoms. The van der Waals surface area contributed by atoms with Crippen molar-refractivity contribution < 1.29 is 0 Å². The summed E-state index contributed by atoms with van der Waals surface area (Å²) in [5.74, 6) is 0.491. The molecule has 0 radical (unpaired) electrons. The Morgan fingerprint density at radius 3 is 2.50 bits per heavy atom. The third-order valence-corrected chi connectivity index (χ3v) is 5.80. The van der Waals surface area contributed by atoms with E-state index in [-0.39, 0.29) is 28.9 Å². The number of benzene rings is 1. The highest BCUT2D eigenvalue weighted by Gasteiger charge is 2.66. The molecule has 4 atom stereocenters. The highest BCUT2D eigenvalue weighted by molar-refractivity contribution is 5.34. The molecule has 0 unspecified atom stereocenters. The first-order valence-corrected chi connectivity index (χ1v) is 7.74. The summed E-state index contributed by atoms with van der Waals surface area (Å²) in [4.78, 5) is 25.8. The predicted molar refractivity (Wildman–Crippen MR) is 82.3 cm³/mol. The second kappa shape index (κ2) is 3.54. The SMILES string of the molecule is CC1=C[C@H]2[C@@H]3C[C@@]3(C)[C@H]1n1c(=O)n(-c3ccccc3)c(=O)n12. The van der Waals surface area contributed by atoms with Gasteiger partial charge < -0.3 is 0 Å². The molecular weight excluding hydrogens is 278 g/mol. The summed E-state index contributed by atoms with van der Waals surface area (Å²) in [6.45, 7) is 4.32. The average molecular weight is 295 g/mol. The van der Waals surface area contributed by atoms with E-state index in [2.05, 4.69) is 19.9 Å². The summed E-state index contributed by atoms with van der Waals surface area (Å²) in [7, 11) is 0. The monoisotopic (exact) mass is 295 g/mol. The smallest absolute Gasteiger partial charge is 0.245 e. The Hall–Kier alpha value is -2.30. The van der Waals surface area contributed by atoms with Crippen LogP contribution in [0.2, 0.25) is 0 Å². The molecule has 0 saturated heterocycles. The zero-order valence-corrected chi connectivity index (χ0v) is 12.6. The lowest BCUT2D eigenvalue weighted by Crippen LogP contribution is -2.45. The highest BCUT2D eigenvalue weighted by atomic mass is 16.2. The Labute approximate surface area is 127 Å². The third kappa shape index (κ3) is 1.18. The molecule has 1 saturated carbocycles. The number of rotatable bonds is 1. The molecule has 0 spiro atoms. The van der Waals surface area contributed by atoms with Crippen LogP contribution in [0.15, 0.2) is 51.6 Å². The van der Waals surface area contributed by atoms with Crippen molar-refractivity contribution >= 4 is 0 Å². The van der Waals surface area contributed by atoms with Gasteiger partial charge in [-0.1, -0.05) is 36.8 Å². The van der Waals surface area contributed by atoms with Gasteiger partial charge in [0.05, 0.1) is 17.8 Å². The first-order valence-electron chi connectivity index (χ1n) is 7.74. The van der Waals surface area contributed by atoms with Crippen LogP contribution in [0.25, 0.3) is 5.69 Å². The molecule has 0 amide bonds. The van der Waals surface area contributed by atoms with Gasteiger partial charge in [0.15, 0.2) is 0 Å². The lowest BCUT2D eigenvalue weighted by molar-refractivity contribution is 0.168. The van der Waals surface area contributed by atoms with E-state index in [0.29, 0.717) is 11.6 Å². The van der Waals surface area contributed by atoms with Crippen LogP contribution >= 0.6 is 0 Å². The maximum Gasteiger partial charge on any atom is 0.352 e. The van der Waals surface area contributed by atoms with Gasteiger partial charge in [0.25, 0.3) is 0 Å². The molecule has 2 aliphatic carbocycles. The summed E-state index contributed by atoms with van der Waals surface area (Å²) in [6.07, 6.45) is 3.27. The molecule has 6 rings (SSSR count). The molecule has 5 nitrogen and oxygen atoms in total. The molecule has 3 heterocycles. The number of hydrogen-bond acceptors (Lipinski definition) is 2. The minimum absolute atomic E-state index is 0.0210. The van der Waals surface area contributed by atoms with E-state index in [1.54, 1.807) is 21.5 Å². The van der Waals surface area contributed by atoms with Gasteiger partial charge in [-0.15, -0.1) is 0 Å². The molecule has 5 heteroatoms. The van der Waals surface area contributed by atoms with Gasteiger partial charge in [-0.2, -0.15) is 0 Å². The molecule has 1 fully saturated rings. The summed E-state index contributed by atoms with van der Waals surface area (Å²) in [5, 5.41) is 0. The summed E-state index contributed by atoms with van der Waals surface area (Å²) in [5.41, 5.74) is 1.56. The number of allylic oxidation sites excluding steroid dienone is 2. The standard InChI is InChI=1S/C17H17N3O2/c1-10-8-13-12-9-17(12,2)14(10)20-16(22)18(15(21)19(13)20)11-6-4-3-5-7-11/h3-8,12-14H,9H2,1-2H3/t12-,13-,14-,17+/m0/s1. The molecule has 0 N–H and O–H groups in total. The second-order valence-corrected chi connectivity index (χ2v) is 7.05. The van der Waals surface area contributed by atoms with E-state index in [1.165, 1.54) is 10.1 Å². The normalized spacial score (nSPS) is 34.1. The first-order chi connectivity index (χ1) is 10.5. The van der Waals surface area contributed by atoms with Gasteiger partial charge in [0, 0.05) is 0 Å². The molecule has 2 aromatic rings. The average Bonchev–Trinajstić information content (AvgIpc) is 3.15. The Kier molecular flexibility index (Phi) is 1.97. The number of hydrogen-bond donors (Lipinski definition) is 0. The van der Waals surface area contributed by atoms with Crippen molar-refractivity contribution in [3.8, 4) is 5.69 Å². The molecule has 4 aliphatic rings. The molecular formula is C17H17N3O2. The van der Waals surface area contributed by atoms with Crippen LogP contribution < -0.4 is 11.4 Å². The summed E-state index contributed by atoms with van der Waals surface area (Å²) in [6, 6.07) is 9.24. The fourth-order valence-electron chi connectivity index (χ4n) is 4.73. The lowest BCUT2D eigenvalue weighted by atomic mass is 9.81. The topological polar surface area (TPSA) is 48.9 Å². The Morgan fingerprint density at radius 1 is 1.09 bits per heavy atom. The van der Waals surface area contributed by atoms with Crippen LogP contribution in [0, 0.1) is 11.3 Å². The molecule has 2 aliphatic heterocycles. The summed E-state index contributed by atoms with van der Waals surface area (Å²) < 4.78 is 4.70. The summed E-state index contributed by atoms with van der Waals surface area (Å²) >= 11 is 0. The van der Waals surface area contributed by atoms with Crippen molar-refractivity contribution in [3.63, 3.8) is 0 Å². The van der Waals surface area contributed by atoms with Crippen LogP contribution in [0.5, 0.6) is 0 Å². The lowest BCUT2D eigenvalue weighted by Gasteiger charge is -2.40. The Morgan fingerprint density at radius 2 is 1.77 bits per heavy atom. The maximum atomic E-state index is 13.0. The van der Waals surface area contributed by atoms with Crippen molar-refractivity contribution in [2.75, 3.05) is 0 Å². The second-order valence-electron chi connectivity index (χ2n) is 7.05. The number of nitrogens with zero attached hydrogens (tertiary/aromatic N) is 3. The van der Waals surface area contributed by atoms with Crippen LogP contribution in [0.3, 0.4) is 0 Å². The van der Waals surface area contributed by atoms with E-state index >= 15 is 0 Å². The van der Waals surface area contributed by atoms with Crippen LogP contribution in [0.4, 0.5) is 0 Å². The van der Waals surface area contributed by atoms with Crippen molar-refractivity contribution in [2.45, 2.75) is 32.4 Å². The zero-order chi connectivity index (χ0) is 15.2. The highest BCUT2D eigenvalue weighted by Crippen LogP contribution is 2.70.